The Hall–Kier alpha value is -1.20. The minimum Gasteiger partial charge on any atom is -0.337 e. The molecule has 0 spiro atoms. The minimum atomic E-state index is -0.816. The first kappa shape index (κ1) is 14.2. The van der Waals surface area contributed by atoms with Crippen LogP contribution in [0.25, 0.3) is 0 Å². The summed E-state index contributed by atoms with van der Waals surface area (Å²) in [6.07, 6.45) is 0.755. The second-order valence-electron chi connectivity index (χ2n) is 4.93. The summed E-state index contributed by atoms with van der Waals surface area (Å²) in [6, 6.07) is 1.51. The summed E-state index contributed by atoms with van der Waals surface area (Å²) < 4.78 is 27.0. The normalized spacial score (nSPS) is 23.5. The van der Waals surface area contributed by atoms with Gasteiger partial charge in [-0.25, -0.2) is 8.78 Å². The van der Waals surface area contributed by atoms with Gasteiger partial charge >= 0.3 is 0 Å². The van der Waals surface area contributed by atoms with Crippen molar-refractivity contribution in [2.24, 2.45) is 11.7 Å². The van der Waals surface area contributed by atoms with Crippen LogP contribution in [0.4, 0.5) is 8.78 Å². The molecule has 2 rings (SSSR count). The van der Waals surface area contributed by atoms with Crippen LogP contribution in [0, 0.1) is 17.6 Å². The van der Waals surface area contributed by atoms with Crippen molar-refractivity contribution in [3.05, 3.63) is 34.4 Å². The fourth-order valence-corrected chi connectivity index (χ4v) is 2.29. The zero-order valence-corrected chi connectivity index (χ0v) is 11.3. The van der Waals surface area contributed by atoms with Gasteiger partial charge in [-0.15, -0.1) is 0 Å². The van der Waals surface area contributed by atoms with Crippen molar-refractivity contribution in [2.75, 3.05) is 13.1 Å². The van der Waals surface area contributed by atoms with Crippen molar-refractivity contribution in [3.63, 3.8) is 0 Å². The monoisotopic (exact) mass is 288 g/mol. The minimum absolute atomic E-state index is 0.141. The highest BCUT2D eigenvalue weighted by Crippen LogP contribution is 2.23. The predicted molar refractivity (Wildman–Crippen MR) is 69.0 cm³/mol. The summed E-state index contributed by atoms with van der Waals surface area (Å²) >= 11 is 5.46. The van der Waals surface area contributed by atoms with Crippen LogP contribution in [0.15, 0.2) is 12.1 Å². The van der Waals surface area contributed by atoms with E-state index < -0.39 is 17.5 Å². The largest absolute Gasteiger partial charge is 0.337 e. The van der Waals surface area contributed by atoms with Gasteiger partial charge in [-0.05, 0) is 24.5 Å². The van der Waals surface area contributed by atoms with Crippen LogP contribution < -0.4 is 5.73 Å². The molecule has 1 aromatic rings. The Kier molecular flexibility index (Phi) is 4.06. The molecule has 3 nitrogen and oxygen atoms in total. The molecular weight excluding hydrogens is 274 g/mol. The molecule has 2 N–H and O–H groups in total. The lowest BCUT2D eigenvalue weighted by atomic mass is 9.94. The van der Waals surface area contributed by atoms with Gasteiger partial charge in [0, 0.05) is 19.1 Å². The van der Waals surface area contributed by atoms with Gasteiger partial charge in [-0.2, -0.15) is 0 Å². The molecular formula is C13H15ClF2N2O. The van der Waals surface area contributed by atoms with Gasteiger partial charge in [0.15, 0.2) is 0 Å². The van der Waals surface area contributed by atoms with Crippen LogP contribution in [0.2, 0.25) is 5.02 Å². The van der Waals surface area contributed by atoms with Crippen LogP contribution in [-0.4, -0.2) is 29.9 Å². The number of nitrogens with two attached hydrogens (primary N) is 1. The number of nitrogens with zero attached hydrogens (tertiary/aromatic N) is 1. The molecule has 0 bridgehead atoms. The first-order valence-electron chi connectivity index (χ1n) is 6.09. The maximum absolute atomic E-state index is 13.7. The molecule has 0 radical (unpaired) electrons. The summed E-state index contributed by atoms with van der Waals surface area (Å²) in [5, 5.41) is -0.335. The van der Waals surface area contributed by atoms with Crippen LogP contribution in [0.3, 0.4) is 0 Å². The van der Waals surface area contributed by atoms with Crippen molar-refractivity contribution in [3.8, 4) is 0 Å². The third kappa shape index (κ3) is 2.87. The Bertz CT molecular complexity index is 510. The summed E-state index contributed by atoms with van der Waals surface area (Å²) in [7, 11) is 0. The van der Waals surface area contributed by atoms with Gasteiger partial charge in [-0.1, -0.05) is 18.5 Å². The van der Waals surface area contributed by atoms with Crippen molar-refractivity contribution in [2.45, 2.75) is 19.4 Å². The smallest absolute Gasteiger partial charge is 0.256 e. The molecule has 1 aliphatic heterocycles. The van der Waals surface area contributed by atoms with Crippen molar-refractivity contribution < 1.29 is 13.6 Å². The molecule has 1 fully saturated rings. The highest BCUT2D eigenvalue weighted by Gasteiger charge is 2.28. The molecule has 1 saturated heterocycles. The molecule has 0 aliphatic carbocycles. The van der Waals surface area contributed by atoms with E-state index in [0.29, 0.717) is 19.0 Å². The fourth-order valence-electron chi connectivity index (χ4n) is 2.14. The van der Waals surface area contributed by atoms with Gasteiger partial charge in [0.25, 0.3) is 5.91 Å². The maximum Gasteiger partial charge on any atom is 0.256 e. The number of halogens is 3. The summed E-state index contributed by atoms with van der Waals surface area (Å²) in [5.41, 5.74) is 5.59. The van der Waals surface area contributed by atoms with Crippen LogP contribution in [0.5, 0.6) is 0 Å². The Morgan fingerprint density at radius 3 is 2.74 bits per heavy atom. The van der Waals surface area contributed by atoms with E-state index in [1.165, 1.54) is 4.90 Å². The second-order valence-corrected chi connectivity index (χ2v) is 5.33. The van der Waals surface area contributed by atoms with Gasteiger partial charge in [0.1, 0.15) is 11.6 Å². The van der Waals surface area contributed by atoms with Gasteiger partial charge < -0.3 is 10.6 Å². The average molecular weight is 289 g/mol. The topological polar surface area (TPSA) is 46.3 Å². The van der Waals surface area contributed by atoms with Crippen molar-refractivity contribution in [1.29, 1.82) is 0 Å². The van der Waals surface area contributed by atoms with E-state index in [9.17, 15) is 13.6 Å². The van der Waals surface area contributed by atoms with Gasteiger partial charge in [-0.3, -0.25) is 4.79 Å². The number of hydrogen-bond donors (Lipinski definition) is 1. The maximum atomic E-state index is 13.7. The fraction of sp³-hybridized carbons (Fsp3) is 0.462. The molecule has 1 amide bonds. The van der Waals surface area contributed by atoms with Crippen molar-refractivity contribution >= 4 is 17.5 Å². The molecule has 19 heavy (non-hydrogen) atoms. The molecule has 0 aromatic heterocycles. The van der Waals surface area contributed by atoms with Crippen LogP contribution >= 0.6 is 11.6 Å². The predicted octanol–water partition coefficient (Wildman–Crippen LogP) is 2.43. The van der Waals surface area contributed by atoms with Crippen LogP contribution in [-0.2, 0) is 0 Å². The lowest BCUT2D eigenvalue weighted by Crippen LogP contribution is -2.49. The van der Waals surface area contributed by atoms with Gasteiger partial charge in [0.05, 0.1) is 10.6 Å². The number of rotatable bonds is 1. The number of hydrogen-bond acceptors (Lipinski definition) is 2. The van der Waals surface area contributed by atoms with E-state index in [0.717, 1.165) is 18.6 Å². The second kappa shape index (κ2) is 5.43. The molecule has 6 heteroatoms. The Labute approximate surface area is 115 Å². The lowest BCUT2D eigenvalue weighted by molar-refractivity contribution is 0.0667. The van der Waals surface area contributed by atoms with Crippen LogP contribution in [0.1, 0.15) is 23.7 Å². The SMILES string of the molecule is CC1CCN(C(=O)c2cc(F)c(Cl)cc2F)CC1N. The molecule has 1 aromatic carbocycles. The number of piperidine rings is 1. The third-order valence-corrected chi connectivity index (χ3v) is 3.83. The van der Waals surface area contributed by atoms with E-state index in [2.05, 4.69) is 0 Å². The average Bonchev–Trinajstić information content (AvgIpc) is 2.36. The molecule has 0 saturated carbocycles. The number of likely N-dealkylation sites (tertiary alicyclic amines) is 1. The number of benzene rings is 1. The first-order chi connectivity index (χ1) is 8.90. The summed E-state index contributed by atoms with van der Waals surface area (Å²) in [4.78, 5) is 13.6. The molecule has 2 unspecified atom stereocenters. The Morgan fingerprint density at radius 2 is 2.11 bits per heavy atom. The standard InChI is InChI=1S/C13H15ClF2N2O/c1-7-2-3-18(6-12(7)17)13(19)8-4-11(16)9(14)5-10(8)15/h4-5,7,12H,2-3,6,17H2,1H3. The zero-order valence-electron chi connectivity index (χ0n) is 10.5. The summed E-state index contributed by atoms with van der Waals surface area (Å²) in [6.45, 7) is 2.86. The van der Waals surface area contributed by atoms with E-state index in [4.69, 9.17) is 17.3 Å². The van der Waals surface area contributed by atoms with E-state index in [-0.39, 0.29) is 16.6 Å². The quantitative estimate of drug-likeness (QED) is 0.807. The number of amides is 1. The lowest BCUT2D eigenvalue weighted by Gasteiger charge is -2.35. The van der Waals surface area contributed by atoms with E-state index in [1.54, 1.807) is 0 Å². The number of carbonyl (C=O) groups excluding carboxylic acids is 1. The Morgan fingerprint density at radius 1 is 1.42 bits per heavy atom. The first-order valence-corrected chi connectivity index (χ1v) is 6.47. The van der Waals surface area contributed by atoms with E-state index in [1.807, 2.05) is 6.92 Å². The van der Waals surface area contributed by atoms with Gasteiger partial charge in [0.2, 0.25) is 0 Å². The number of carbonyl (C=O) groups is 1. The Balaban J connectivity index is 2.23. The zero-order chi connectivity index (χ0) is 14.2. The molecule has 104 valence electrons. The highest BCUT2D eigenvalue weighted by atomic mass is 35.5. The van der Waals surface area contributed by atoms with Crippen molar-refractivity contribution in [1.82, 2.24) is 4.90 Å². The third-order valence-electron chi connectivity index (χ3n) is 3.54. The summed E-state index contributed by atoms with van der Waals surface area (Å²) in [5.74, 6) is -1.85. The highest BCUT2D eigenvalue weighted by molar-refractivity contribution is 6.30. The van der Waals surface area contributed by atoms with E-state index >= 15 is 0 Å². The molecule has 1 heterocycles. The molecule has 2 atom stereocenters. The molecule has 1 aliphatic rings.